The molecule has 0 radical (unpaired) electrons. The summed E-state index contributed by atoms with van der Waals surface area (Å²) in [5, 5.41) is 10.7. The lowest BCUT2D eigenvalue weighted by atomic mass is 9.77. The van der Waals surface area contributed by atoms with Crippen LogP contribution in [0, 0.1) is 0 Å². The van der Waals surface area contributed by atoms with Crippen LogP contribution in [0.3, 0.4) is 0 Å². The molecule has 1 aromatic heterocycles. The molecule has 1 aliphatic carbocycles. The van der Waals surface area contributed by atoms with Gasteiger partial charge in [-0.3, -0.25) is 4.98 Å². The van der Waals surface area contributed by atoms with E-state index in [1.54, 1.807) is 0 Å². The monoisotopic (exact) mass is 247 g/mol. The number of pyridine rings is 1. The van der Waals surface area contributed by atoms with E-state index in [0.717, 1.165) is 44.4 Å². The lowest BCUT2D eigenvalue weighted by Crippen LogP contribution is -2.43. The Hall–Kier alpha value is -0.930. The number of fused-ring (bicyclic) bond motifs is 1. The van der Waals surface area contributed by atoms with E-state index in [1.807, 2.05) is 19.2 Å². The molecule has 1 aromatic rings. The molecule has 1 aliphatic heterocycles. The molecule has 2 heterocycles. The second-order valence-electron chi connectivity index (χ2n) is 5.76. The molecule has 0 spiro atoms. The van der Waals surface area contributed by atoms with Crippen LogP contribution in [0.2, 0.25) is 0 Å². The third-order valence-corrected chi connectivity index (χ3v) is 4.49. The third kappa shape index (κ3) is 1.95. The number of ether oxygens (including phenoxy) is 1. The van der Waals surface area contributed by atoms with E-state index in [4.69, 9.17) is 4.74 Å². The summed E-state index contributed by atoms with van der Waals surface area (Å²) in [7, 11) is 0. The van der Waals surface area contributed by atoms with Gasteiger partial charge in [0.1, 0.15) is 0 Å². The summed E-state index contributed by atoms with van der Waals surface area (Å²) in [5.74, 6) is 0.137. The Kier molecular flexibility index (Phi) is 3.12. The van der Waals surface area contributed by atoms with Gasteiger partial charge < -0.3 is 9.84 Å². The molecule has 1 saturated heterocycles. The molecule has 18 heavy (non-hydrogen) atoms. The number of rotatable bonds is 2. The molecule has 0 saturated carbocycles. The molecule has 3 rings (SSSR count). The minimum atomic E-state index is -0.436. The number of nitrogens with zero attached hydrogens (tertiary/aromatic N) is 1. The predicted molar refractivity (Wildman–Crippen MR) is 69.5 cm³/mol. The summed E-state index contributed by atoms with van der Waals surface area (Å²) in [6.07, 6.45) is 6.64. The number of aliphatic hydroxyl groups is 1. The zero-order valence-electron chi connectivity index (χ0n) is 10.9. The lowest BCUT2D eigenvalue weighted by Gasteiger charge is -2.37. The summed E-state index contributed by atoms with van der Waals surface area (Å²) in [4.78, 5) is 4.51. The third-order valence-electron chi connectivity index (χ3n) is 4.49. The van der Waals surface area contributed by atoms with E-state index in [1.165, 1.54) is 5.56 Å². The molecule has 3 nitrogen and oxygen atoms in total. The number of aryl methyl sites for hydroxylation is 1. The molecule has 1 fully saturated rings. The van der Waals surface area contributed by atoms with Gasteiger partial charge in [0.25, 0.3) is 0 Å². The predicted octanol–water partition coefficient (Wildman–Crippen LogP) is 2.43. The van der Waals surface area contributed by atoms with E-state index in [9.17, 15) is 5.11 Å². The van der Waals surface area contributed by atoms with Crippen molar-refractivity contribution in [1.82, 2.24) is 4.98 Å². The lowest BCUT2D eigenvalue weighted by molar-refractivity contribution is -0.0905. The van der Waals surface area contributed by atoms with Crippen LogP contribution in [0.25, 0.3) is 0 Å². The van der Waals surface area contributed by atoms with E-state index >= 15 is 0 Å². The maximum absolute atomic E-state index is 10.7. The molecule has 1 N–H and O–H groups in total. The van der Waals surface area contributed by atoms with Crippen molar-refractivity contribution in [3.05, 3.63) is 29.6 Å². The summed E-state index contributed by atoms with van der Waals surface area (Å²) in [5.41, 5.74) is 2.01. The summed E-state index contributed by atoms with van der Waals surface area (Å²) in [6.45, 7) is 2.82. The largest absolute Gasteiger partial charge is 0.389 e. The van der Waals surface area contributed by atoms with Crippen molar-refractivity contribution in [2.45, 2.75) is 56.7 Å². The van der Waals surface area contributed by atoms with Crippen molar-refractivity contribution in [1.29, 1.82) is 0 Å². The van der Waals surface area contributed by atoms with Crippen molar-refractivity contribution < 1.29 is 9.84 Å². The Morgan fingerprint density at radius 1 is 1.50 bits per heavy atom. The Bertz CT molecular complexity index is 426. The van der Waals surface area contributed by atoms with E-state index in [-0.39, 0.29) is 11.5 Å². The van der Waals surface area contributed by atoms with E-state index in [2.05, 4.69) is 11.1 Å². The molecule has 0 bridgehead atoms. The van der Waals surface area contributed by atoms with E-state index < -0.39 is 6.10 Å². The maximum Gasteiger partial charge on any atom is 0.0919 e. The Morgan fingerprint density at radius 2 is 2.39 bits per heavy atom. The average Bonchev–Trinajstić information content (AvgIpc) is 2.85. The zero-order valence-corrected chi connectivity index (χ0v) is 10.9. The SMILES string of the molecule is CC1(C(O)C2CCCc3cccnc32)CCCO1. The van der Waals surface area contributed by atoms with Crippen LogP contribution in [0.5, 0.6) is 0 Å². The highest BCUT2D eigenvalue weighted by Crippen LogP contribution is 2.40. The van der Waals surface area contributed by atoms with Crippen LogP contribution in [0.4, 0.5) is 0 Å². The van der Waals surface area contributed by atoms with Crippen molar-refractivity contribution in [3.8, 4) is 0 Å². The van der Waals surface area contributed by atoms with Gasteiger partial charge in [-0.05, 0) is 50.7 Å². The normalized spacial score (nSPS) is 33.1. The number of aromatic nitrogens is 1. The van der Waals surface area contributed by atoms with Gasteiger partial charge in [-0.25, -0.2) is 0 Å². The number of aliphatic hydroxyl groups excluding tert-OH is 1. The van der Waals surface area contributed by atoms with Crippen molar-refractivity contribution >= 4 is 0 Å². The van der Waals surface area contributed by atoms with Gasteiger partial charge in [-0.1, -0.05) is 6.07 Å². The second kappa shape index (κ2) is 4.63. The molecule has 98 valence electrons. The van der Waals surface area contributed by atoms with Crippen molar-refractivity contribution in [3.63, 3.8) is 0 Å². The van der Waals surface area contributed by atoms with Crippen LogP contribution >= 0.6 is 0 Å². The Labute approximate surface area is 108 Å². The van der Waals surface area contributed by atoms with Crippen LogP contribution in [0.15, 0.2) is 18.3 Å². The van der Waals surface area contributed by atoms with Gasteiger partial charge >= 0.3 is 0 Å². The molecule has 0 amide bonds. The molecule has 3 unspecified atom stereocenters. The molecule has 3 atom stereocenters. The molecular weight excluding hydrogens is 226 g/mol. The zero-order chi connectivity index (χ0) is 12.6. The van der Waals surface area contributed by atoms with Crippen molar-refractivity contribution in [2.24, 2.45) is 0 Å². The first-order valence-electron chi connectivity index (χ1n) is 6.96. The van der Waals surface area contributed by atoms with Gasteiger partial charge in [-0.15, -0.1) is 0 Å². The summed E-state index contributed by atoms with van der Waals surface area (Å²) >= 11 is 0. The fourth-order valence-corrected chi connectivity index (χ4v) is 3.41. The number of hydrogen-bond acceptors (Lipinski definition) is 3. The van der Waals surface area contributed by atoms with Crippen LogP contribution in [-0.2, 0) is 11.2 Å². The average molecular weight is 247 g/mol. The summed E-state index contributed by atoms with van der Waals surface area (Å²) < 4.78 is 5.79. The highest BCUT2D eigenvalue weighted by Gasteiger charge is 2.43. The molecular formula is C15H21NO2. The highest BCUT2D eigenvalue weighted by molar-refractivity contribution is 5.27. The van der Waals surface area contributed by atoms with Crippen LogP contribution < -0.4 is 0 Å². The fourth-order valence-electron chi connectivity index (χ4n) is 3.41. The Balaban J connectivity index is 1.89. The first kappa shape index (κ1) is 12.1. The highest BCUT2D eigenvalue weighted by atomic mass is 16.5. The van der Waals surface area contributed by atoms with Gasteiger partial charge in [0.05, 0.1) is 11.7 Å². The second-order valence-corrected chi connectivity index (χ2v) is 5.76. The van der Waals surface area contributed by atoms with Gasteiger partial charge in [0.2, 0.25) is 0 Å². The van der Waals surface area contributed by atoms with Crippen LogP contribution in [0.1, 0.15) is 49.8 Å². The van der Waals surface area contributed by atoms with Crippen molar-refractivity contribution in [2.75, 3.05) is 6.61 Å². The summed E-state index contributed by atoms with van der Waals surface area (Å²) in [6, 6.07) is 4.13. The maximum atomic E-state index is 10.7. The first-order chi connectivity index (χ1) is 8.71. The smallest absolute Gasteiger partial charge is 0.0919 e. The van der Waals surface area contributed by atoms with E-state index in [0.29, 0.717) is 0 Å². The van der Waals surface area contributed by atoms with Gasteiger partial charge in [-0.2, -0.15) is 0 Å². The first-order valence-corrected chi connectivity index (χ1v) is 6.96. The minimum absolute atomic E-state index is 0.137. The topological polar surface area (TPSA) is 42.4 Å². The number of hydrogen-bond donors (Lipinski definition) is 1. The fraction of sp³-hybridized carbons (Fsp3) is 0.667. The molecule has 2 aliphatic rings. The van der Waals surface area contributed by atoms with Gasteiger partial charge in [0, 0.05) is 24.4 Å². The minimum Gasteiger partial charge on any atom is -0.389 e. The molecule has 3 heteroatoms. The Morgan fingerprint density at radius 3 is 3.17 bits per heavy atom. The molecule has 0 aromatic carbocycles. The van der Waals surface area contributed by atoms with Crippen LogP contribution in [-0.4, -0.2) is 28.4 Å². The standard InChI is InChI=1S/C15H21NO2/c1-15(8-4-10-18-15)14(17)12-7-2-5-11-6-3-9-16-13(11)12/h3,6,9,12,14,17H,2,4-5,7-8,10H2,1H3. The van der Waals surface area contributed by atoms with Gasteiger partial charge in [0.15, 0.2) is 0 Å². The quantitative estimate of drug-likeness (QED) is 0.872.